The molecular formula is C86H76O6. The molecule has 11 aromatic rings. The maximum atomic E-state index is 7.61. The molecule has 15 rings (SSSR count). The molecule has 0 spiro atoms. The molecule has 2 aliphatic heterocycles. The fraction of sp³-hybridized carbons (Fsp3) is 0.209. The maximum absolute atomic E-state index is 7.61. The molecular weight excluding hydrogens is 1130 g/mol. The second kappa shape index (κ2) is 21.4. The highest BCUT2D eigenvalue weighted by molar-refractivity contribution is 6.10. The van der Waals surface area contributed by atoms with Gasteiger partial charge in [-0.1, -0.05) is 237 Å². The molecule has 2 aliphatic carbocycles. The van der Waals surface area contributed by atoms with Crippen molar-refractivity contribution in [3.05, 3.63) is 311 Å². The van der Waals surface area contributed by atoms with Gasteiger partial charge in [0, 0.05) is 65.8 Å². The van der Waals surface area contributed by atoms with Gasteiger partial charge in [-0.3, -0.25) is 0 Å². The first-order chi connectivity index (χ1) is 44.3. The molecule has 0 bridgehead atoms. The number of methoxy groups -OCH3 is 2. The molecule has 4 atom stereocenters. The molecule has 6 heteroatoms. The highest BCUT2D eigenvalue weighted by atomic mass is 16.5. The third kappa shape index (κ3) is 8.87. The normalized spacial score (nSPS) is 18.5. The Morgan fingerprint density at radius 2 is 0.707 bits per heavy atom. The summed E-state index contributed by atoms with van der Waals surface area (Å²) in [6, 6.07) is 76.9. The monoisotopic (exact) mass is 1200 g/mol. The van der Waals surface area contributed by atoms with Crippen LogP contribution in [0.4, 0.5) is 0 Å². The first-order valence-electron chi connectivity index (χ1n) is 32.1. The van der Waals surface area contributed by atoms with E-state index in [2.05, 4.69) is 263 Å². The van der Waals surface area contributed by atoms with Crippen molar-refractivity contribution >= 4 is 33.7 Å². The number of ether oxygens (including phenoxy) is 6. The van der Waals surface area contributed by atoms with Crippen LogP contribution in [0.25, 0.3) is 56.0 Å². The fourth-order valence-corrected chi connectivity index (χ4v) is 15.3. The van der Waals surface area contributed by atoms with E-state index in [1.54, 1.807) is 14.2 Å². The topological polar surface area (TPSA) is 55.4 Å². The molecule has 4 aliphatic rings. The summed E-state index contributed by atoms with van der Waals surface area (Å²) >= 11 is 0. The Bertz CT molecular complexity index is 4490. The molecule has 6 nitrogen and oxygen atoms in total. The zero-order valence-electron chi connectivity index (χ0n) is 54.1. The summed E-state index contributed by atoms with van der Waals surface area (Å²) < 4.78 is 40.2. The summed E-state index contributed by atoms with van der Waals surface area (Å²) in [5.41, 5.74) is 15.2. The number of fused-ring (bicyclic) bond motifs is 16. The van der Waals surface area contributed by atoms with Crippen molar-refractivity contribution in [2.75, 3.05) is 14.2 Å². The summed E-state index contributed by atoms with van der Waals surface area (Å²) in [4.78, 5) is 0. The molecule has 0 amide bonds. The Balaban J connectivity index is 0.687. The Morgan fingerprint density at radius 3 is 1.07 bits per heavy atom. The van der Waals surface area contributed by atoms with E-state index >= 15 is 0 Å². The molecule has 4 unspecified atom stereocenters. The van der Waals surface area contributed by atoms with E-state index in [1.165, 1.54) is 55.3 Å². The summed E-state index contributed by atoms with van der Waals surface area (Å²) in [7, 11) is 3.39. The molecule has 92 heavy (non-hydrogen) atoms. The molecule has 0 fully saturated rings. The third-order valence-corrected chi connectivity index (χ3v) is 21.0. The van der Waals surface area contributed by atoms with Gasteiger partial charge < -0.3 is 28.4 Å². The highest BCUT2D eigenvalue weighted by Gasteiger charge is 2.47. The van der Waals surface area contributed by atoms with E-state index in [0.717, 1.165) is 78.3 Å². The minimum absolute atomic E-state index is 0.240. The molecule has 0 saturated carbocycles. The lowest BCUT2D eigenvalue weighted by Crippen LogP contribution is -2.38. The quantitative estimate of drug-likeness (QED) is 0.108. The molecule has 2 radical (unpaired) electrons. The second-order valence-corrected chi connectivity index (χ2v) is 27.5. The summed E-state index contributed by atoms with van der Waals surface area (Å²) in [5.74, 6) is 4.72. The predicted molar refractivity (Wildman–Crippen MR) is 375 cm³/mol. The van der Waals surface area contributed by atoms with E-state index < -0.39 is 34.2 Å². The van der Waals surface area contributed by atoms with Crippen LogP contribution in [0.15, 0.2) is 231 Å². The van der Waals surface area contributed by atoms with Crippen molar-refractivity contribution in [1.29, 1.82) is 0 Å². The van der Waals surface area contributed by atoms with Gasteiger partial charge in [-0.15, -0.1) is 0 Å². The fourth-order valence-electron chi connectivity index (χ4n) is 15.3. The standard InChI is InChI=1S/C86H76O6/c1-53(89-63-44-36-57(37-45-63)85(55-32-40-61(87-11)41-33-55)50-48-71-77-75(65-24-13-15-26-67(65)79(71)91-85)69-28-17-19-30-73(69)83(77,7)8)81(3,4)59-22-21-23-60(52-59)82(5,6)54(2)90-64-46-38-58(39-47-64)86(56-34-42-62(88-12)43-35-56)51-49-72-78-76(66-25-14-16-27-68(66)80(72)92-86)70-29-18-20-31-74(70)84(78,9)10/h13-54H,1-2H2,3-12H3. The second-order valence-electron chi connectivity index (χ2n) is 27.5. The van der Waals surface area contributed by atoms with Crippen LogP contribution in [0.3, 0.4) is 0 Å². The molecule has 0 saturated heterocycles. The SMILES string of the molecule is [CH2]C(Oc1ccc(C2(c3ccc(OC)cc3)C=Cc3c4c(c5ccccc5c3O2)-c2ccccc2C4(C)C)cc1)C(C)(C)c1cccc(C(C)(C)C([CH2])Oc2ccc(C3(c4ccc(OC)cc4)C=Cc4c5c(c6ccccc6c4O3)-c3ccccc3C5(C)C)cc2)c1. The Morgan fingerprint density at radius 1 is 0.380 bits per heavy atom. The van der Waals surface area contributed by atoms with Crippen molar-refractivity contribution in [2.24, 2.45) is 0 Å². The van der Waals surface area contributed by atoms with Gasteiger partial charge in [0.15, 0.2) is 11.2 Å². The number of rotatable bonds is 14. The van der Waals surface area contributed by atoms with Crippen LogP contribution in [-0.2, 0) is 32.9 Å². The molecule has 0 aromatic heterocycles. The summed E-state index contributed by atoms with van der Waals surface area (Å²) in [6.45, 7) is 27.4. The van der Waals surface area contributed by atoms with E-state index in [0.29, 0.717) is 11.5 Å². The Hall–Kier alpha value is -9.78. The van der Waals surface area contributed by atoms with E-state index in [4.69, 9.17) is 28.4 Å². The zero-order chi connectivity index (χ0) is 63.7. The van der Waals surface area contributed by atoms with Crippen molar-refractivity contribution in [1.82, 2.24) is 0 Å². The minimum Gasteiger partial charge on any atom is -0.497 e. The van der Waals surface area contributed by atoms with E-state index in [9.17, 15) is 0 Å². The van der Waals surface area contributed by atoms with Crippen LogP contribution in [0.5, 0.6) is 34.5 Å². The minimum atomic E-state index is -0.973. The van der Waals surface area contributed by atoms with Crippen LogP contribution in [0.2, 0.25) is 0 Å². The van der Waals surface area contributed by atoms with Crippen molar-refractivity contribution < 1.29 is 28.4 Å². The average Bonchev–Trinajstić information content (AvgIpc) is 1.46. The lowest BCUT2D eigenvalue weighted by atomic mass is 9.74. The van der Waals surface area contributed by atoms with Gasteiger partial charge in [-0.25, -0.2) is 0 Å². The lowest BCUT2D eigenvalue weighted by molar-refractivity contribution is 0.159. The molecule has 456 valence electrons. The summed E-state index contributed by atoms with van der Waals surface area (Å²) in [5, 5.41) is 4.53. The van der Waals surface area contributed by atoms with Crippen molar-refractivity contribution in [2.45, 2.75) is 100 Å². The van der Waals surface area contributed by atoms with Gasteiger partial charge in [-0.05, 0) is 141 Å². The highest BCUT2D eigenvalue weighted by Crippen LogP contribution is 2.60. The largest absolute Gasteiger partial charge is 0.497 e. The van der Waals surface area contributed by atoms with Crippen LogP contribution in [-0.4, -0.2) is 26.4 Å². The van der Waals surface area contributed by atoms with E-state index in [1.807, 2.05) is 48.5 Å². The number of hydrogen-bond acceptors (Lipinski definition) is 6. The maximum Gasteiger partial charge on any atom is 0.178 e. The van der Waals surface area contributed by atoms with Gasteiger partial charge in [0.25, 0.3) is 0 Å². The van der Waals surface area contributed by atoms with Gasteiger partial charge >= 0.3 is 0 Å². The smallest absolute Gasteiger partial charge is 0.178 e. The predicted octanol–water partition coefficient (Wildman–Crippen LogP) is 20.4. The Labute approximate surface area is 541 Å². The average molecular weight is 1210 g/mol. The summed E-state index contributed by atoms with van der Waals surface area (Å²) in [6.07, 6.45) is 8.12. The molecule has 11 aromatic carbocycles. The van der Waals surface area contributed by atoms with Gasteiger partial charge in [0.1, 0.15) is 46.7 Å². The van der Waals surface area contributed by atoms with Gasteiger partial charge in [-0.2, -0.15) is 0 Å². The Kier molecular flexibility index (Phi) is 13.6. The van der Waals surface area contributed by atoms with E-state index in [-0.39, 0.29) is 10.8 Å². The van der Waals surface area contributed by atoms with Crippen LogP contribution < -0.4 is 28.4 Å². The zero-order valence-corrected chi connectivity index (χ0v) is 54.1. The molecule has 0 N–H and O–H groups in total. The van der Waals surface area contributed by atoms with Gasteiger partial charge in [0.2, 0.25) is 0 Å². The van der Waals surface area contributed by atoms with Crippen LogP contribution in [0, 0.1) is 13.8 Å². The lowest BCUT2D eigenvalue weighted by Gasteiger charge is -2.39. The van der Waals surface area contributed by atoms with Crippen molar-refractivity contribution in [3.63, 3.8) is 0 Å². The van der Waals surface area contributed by atoms with Crippen LogP contribution >= 0.6 is 0 Å². The van der Waals surface area contributed by atoms with Gasteiger partial charge in [0.05, 0.1) is 14.2 Å². The first-order valence-corrected chi connectivity index (χ1v) is 32.1. The van der Waals surface area contributed by atoms with Crippen molar-refractivity contribution in [3.8, 4) is 56.8 Å². The number of hydrogen-bond donors (Lipinski definition) is 0. The first kappa shape index (κ1) is 58.6. The molecule has 2 heterocycles. The third-order valence-electron chi connectivity index (χ3n) is 21.0. The number of benzene rings is 11. The van der Waals surface area contributed by atoms with Crippen LogP contribution in [0.1, 0.15) is 122 Å².